The number of carbonyl (C=O) groups is 2. The van der Waals surface area contributed by atoms with Crippen molar-refractivity contribution in [1.29, 1.82) is 0 Å². The average Bonchev–Trinajstić information content (AvgIpc) is 2.69. The van der Waals surface area contributed by atoms with Crippen LogP contribution in [0.4, 0.5) is 0 Å². The summed E-state index contributed by atoms with van der Waals surface area (Å²) in [5.74, 6) is -0.262. The molecule has 0 unspecified atom stereocenters. The van der Waals surface area contributed by atoms with Crippen molar-refractivity contribution in [3.8, 4) is 0 Å². The van der Waals surface area contributed by atoms with Crippen molar-refractivity contribution >= 4 is 22.8 Å². The number of nitrogens with zero attached hydrogens (tertiary/aromatic N) is 2. The number of hydrogen-bond acceptors (Lipinski definition) is 6. The van der Waals surface area contributed by atoms with E-state index >= 15 is 0 Å². The minimum absolute atomic E-state index is 0.0716. The maximum absolute atomic E-state index is 12.9. The number of amides is 1. The largest absolute Gasteiger partial charge is 0.449 e. The van der Waals surface area contributed by atoms with E-state index in [1.165, 1.54) is 14.0 Å². The fraction of sp³-hybridized carbons (Fsp3) is 0.524. The zero-order chi connectivity index (χ0) is 20.8. The number of esters is 1. The number of ether oxygens (including phenoxy) is 2. The molecular formula is C21H27N3O5. The summed E-state index contributed by atoms with van der Waals surface area (Å²) in [4.78, 5) is 41.9. The van der Waals surface area contributed by atoms with Gasteiger partial charge >= 0.3 is 5.97 Å². The second-order valence-corrected chi connectivity index (χ2v) is 7.21. The van der Waals surface area contributed by atoms with Crippen LogP contribution in [-0.4, -0.2) is 47.8 Å². The van der Waals surface area contributed by atoms with E-state index in [9.17, 15) is 14.4 Å². The highest BCUT2D eigenvalue weighted by atomic mass is 16.5. The van der Waals surface area contributed by atoms with Crippen LogP contribution in [-0.2, 0) is 27.2 Å². The lowest BCUT2D eigenvalue weighted by Gasteiger charge is -2.16. The molecule has 0 radical (unpaired) electrons. The molecule has 8 heteroatoms. The second kappa shape index (κ2) is 9.65. The fourth-order valence-electron chi connectivity index (χ4n) is 3.42. The van der Waals surface area contributed by atoms with Gasteiger partial charge in [-0.1, -0.05) is 12.8 Å². The lowest BCUT2D eigenvalue weighted by molar-refractivity contribution is -0.129. The Morgan fingerprint density at radius 2 is 2.03 bits per heavy atom. The summed E-state index contributed by atoms with van der Waals surface area (Å²) in [5, 5.41) is 3.11. The van der Waals surface area contributed by atoms with E-state index < -0.39 is 18.0 Å². The Bertz CT molecular complexity index is 953. The summed E-state index contributed by atoms with van der Waals surface area (Å²) in [6, 6.07) is 4.71. The van der Waals surface area contributed by atoms with Crippen molar-refractivity contribution in [3.63, 3.8) is 0 Å². The Morgan fingerprint density at radius 1 is 1.24 bits per heavy atom. The number of nitrogens with one attached hydrogen (secondary N) is 1. The van der Waals surface area contributed by atoms with E-state index in [-0.39, 0.29) is 11.1 Å². The van der Waals surface area contributed by atoms with Crippen molar-refractivity contribution in [2.45, 2.75) is 51.7 Å². The first-order chi connectivity index (χ1) is 14.0. The van der Waals surface area contributed by atoms with Crippen molar-refractivity contribution < 1.29 is 19.1 Å². The number of rotatable bonds is 6. The smallest absolute Gasteiger partial charge is 0.338 e. The molecule has 1 atom stereocenters. The zero-order valence-corrected chi connectivity index (χ0v) is 16.9. The van der Waals surface area contributed by atoms with Gasteiger partial charge in [-0.15, -0.1) is 0 Å². The second-order valence-electron chi connectivity index (χ2n) is 7.21. The molecule has 0 saturated carbocycles. The van der Waals surface area contributed by atoms with Gasteiger partial charge in [0.05, 0.1) is 23.1 Å². The molecule has 29 heavy (non-hydrogen) atoms. The van der Waals surface area contributed by atoms with Gasteiger partial charge in [-0.2, -0.15) is 0 Å². The van der Waals surface area contributed by atoms with Crippen LogP contribution in [0.3, 0.4) is 0 Å². The average molecular weight is 401 g/mol. The van der Waals surface area contributed by atoms with Crippen molar-refractivity contribution in [2.24, 2.45) is 0 Å². The van der Waals surface area contributed by atoms with Crippen LogP contribution in [0.1, 0.15) is 48.8 Å². The highest BCUT2D eigenvalue weighted by Crippen LogP contribution is 2.17. The standard InChI is InChI=1S/C21H27N3O5/c1-14(19(25)22-10-12-28-2)29-21(27)15-8-9-16-17(13-15)23-18-7-5-3-4-6-11-24(18)20(16)26/h8-9,13-14H,3-7,10-12H2,1-2H3,(H,22,25)/t14-/m0/s1. The monoisotopic (exact) mass is 401 g/mol. The van der Waals surface area contributed by atoms with Gasteiger partial charge in [0.1, 0.15) is 5.82 Å². The fourth-order valence-corrected chi connectivity index (χ4v) is 3.42. The third-order valence-corrected chi connectivity index (χ3v) is 5.06. The predicted octanol–water partition coefficient (Wildman–Crippen LogP) is 1.82. The van der Waals surface area contributed by atoms with Crippen LogP contribution in [0.2, 0.25) is 0 Å². The van der Waals surface area contributed by atoms with Crippen LogP contribution in [0.15, 0.2) is 23.0 Å². The first-order valence-corrected chi connectivity index (χ1v) is 10.0. The normalized spacial score (nSPS) is 15.1. The molecule has 0 saturated heterocycles. The molecule has 1 aliphatic heterocycles. The number of methoxy groups -OCH3 is 1. The highest BCUT2D eigenvalue weighted by Gasteiger charge is 2.20. The third-order valence-electron chi connectivity index (χ3n) is 5.06. The maximum atomic E-state index is 12.9. The number of aryl methyl sites for hydroxylation is 1. The van der Waals surface area contributed by atoms with Gasteiger partial charge in [-0.05, 0) is 38.0 Å². The van der Waals surface area contributed by atoms with Gasteiger partial charge < -0.3 is 14.8 Å². The molecule has 0 spiro atoms. The van der Waals surface area contributed by atoms with Crippen molar-refractivity contribution in [2.75, 3.05) is 20.3 Å². The van der Waals surface area contributed by atoms with Crippen LogP contribution in [0.5, 0.6) is 0 Å². The first-order valence-electron chi connectivity index (χ1n) is 10.0. The van der Waals surface area contributed by atoms with E-state index in [0.29, 0.717) is 30.6 Å². The molecule has 1 aromatic heterocycles. The molecule has 1 amide bonds. The molecule has 0 fully saturated rings. The van der Waals surface area contributed by atoms with Gasteiger partial charge in [0.2, 0.25) is 0 Å². The molecule has 156 valence electrons. The van der Waals surface area contributed by atoms with Crippen LogP contribution < -0.4 is 10.9 Å². The van der Waals surface area contributed by atoms with Crippen molar-refractivity contribution in [3.05, 3.63) is 39.9 Å². The summed E-state index contributed by atoms with van der Waals surface area (Å²) >= 11 is 0. The number of benzene rings is 1. The number of carbonyl (C=O) groups excluding carboxylic acids is 2. The molecule has 1 N–H and O–H groups in total. The highest BCUT2D eigenvalue weighted by molar-refractivity contribution is 5.95. The van der Waals surface area contributed by atoms with Gasteiger partial charge in [0.25, 0.3) is 11.5 Å². The molecule has 8 nitrogen and oxygen atoms in total. The summed E-state index contributed by atoms with van der Waals surface area (Å²) in [6.45, 7) is 2.90. The van der Waals surface area contributed by atoms with E-state index in [4.69, 9.17) is 9.47 Å². The summed E-state index contributed by atoms with van der Waals surface area (Å²) in [7, 11) is 1.54. The first kappa shape index (κ1) is 21.0. The molecule has 2 aromatic rings. The quantitative estimate of drug-likeness (QED) is 0.586. The molecule has 2 heterocycles. The Kier molecular flexibility index (Phi) is 6.98. The van der Waals surface area contributed by atoms with E-state index in [1.54, 1.807) is 22.8 Å². The van der Waals surface area contributed by atoms with Crippen LogP contribution in [0, 0.1) is 0 Å². The molecule has 3 rings (SSSR count). The van der Waals surface area contributed by atoms with Crippen LogP contribution in [0.25, 0.3) is 10.9 Å². The van der Waals surface area contributed by atoms with E-state index in [0.717, 1.165) is 37.9 Å². The molecule has 0 bridgehead atoms. The lowest BCUT2D eigenvalue weighted by atomic mass is 10.1. The van der Waals surface area contributed by atoms with Crippen molar-refractivity contribution in [1.82, 2.24) is 14.9 Å². The predicted molar refractivity (Wildman–Crippen MR) is 108 cm³/mol. The molecule has 1 aromatic carbocycles. The topological polar surface area (TPSA) is 99.5 Å². The summed E-state index contributed by atoms with van der Waals surface area (Å²) in [6.07, 6.45) is 4.02. The van der Waals surface area contributed by atoms with Crippen LogP contribution >= 0.6 is 0 Å². The SMILES string of the molecule is COCCNC(=O)[C@H](C)OC(=O)c1ccc2c(=O)n3c(nc2c1)CCCCCC3. The maximum Gasteiger partial charge on any atom is 0.338 e. The Balaban J connectivity index is 1.80. The van der Waals surface area contributed by atoms with Gasteiger partial charge in [-0.25, -0.2) is 9.78 Å². The van der Waals surface area contributed by atoms with E-state index in [2.05, 4.69) is 10.3 Å². The number of aromatic nitrogens is 2. The number of fused-ring (bicyclic) bond motifs is 2. The Morgan fingerprint density at radius 3 is 2.83 bits per heavy atom. The lowest BCUT2D eigenvalue weighted by Crippen LogP contribution is -2.37. The molecule has 0 aliphatic carbocycles. The third kappa shape index (κ3) is 5.00. The Labute approximate surface area is 169 Å². The zero-order valence-electron chi connectivity index (χ0n) is 16.9. The number of hydrogen-bond donors (Lipinski definition) is 1. The minimum atomic E-state index is -0.940. The van der Waals surface area contributed by atoms with E-state index in [1.807, 2.05) is 0 Å². The van der Waals surface area contributed by atoms with Gasteiger partial charge in [0, 0.05) is 26.6 Å². The summed E-state index contributed by atoms with van der Waals surface area (Å²) < 4.78 is 11.9. The van der Waals surface area contributed by atoms with Gasteiger partial charge in [0.15, 0.2) is 6.10 Å². The molecular weight excluding hydrogens is 374 g/mol. The molecule has 1 aliphatic rings. The van der Waals surface area contributed by atoms with Gasteiger partial charge in [-0.3, -0.25) is 14.2 Å². The summed E-state index contributed by atoms with van der Waals surface area (Å²) in [5.41, 5.74) is 0.669. The Hall–Kier alpha value is -2.74. The minimum Gasteiger partial charge on any atom is -0.449 e.